The number of hydrogen-bond donors (Lipinski definition) is 2. The normalized spacial score (nSPS) is 27.9. The van der Waals surface area contributed by atoms with Crippen LogP contribution in [-0.2, 0) is 0 Å². The van der Waals surface area contributed by atoms with Crippen molar-refractivity contribution in [2.45, 2.75) is 45.6 Å². The van der Waals surface area contributed by atoms with Crippen molar-refractivity contribution in [3.05, 3.63) is 12.2 Å². The average molecular weight is 222 g/mol. The SMILES string of the molecule is CCNC(c1ncn[nH]1)C1CCCC(C)C1. The van der Waals surface area contributed by atoms with E-state index in [0.29, 0.717) is 12.0 Å². The zero-order valence-electron chi connectivity index (χ0n) is 10.2. The summed E-state index contributed by atoms with van der Waals surface area (Å²) in [5.74, 6) is 2.56. The third-order valence-electron chi connectivity index (χ3n) is 3.60. The lowest BCUT2D eigenvalue weighted by Crippen LogP contribution is -2.32. The Morgan fingerprint density at radius 1 is 1.56 bits per heavy atom. The van der Waals surface area contributed by atoms with Crippen molar-refractivity contribution in [2.24, 2.45) is 11.8 Å². The van der Waals surface area contributed by atoms with Gasteiger partial charge in [0.2, 0.25) is 0 Å². The molecule has 2 rings (SSSR count). The van der Waals surface area contributed by atoms with Gasteiger partial charge in [-0.2, -0.15) is 5.10 Å². The summed E-state index contributed by atoms with van der Waals surface area (Å²) < 4.78 is 0. The number of nitrogens with zero attached hydrogens (tertiary/aromatic N) is 2. The molecular weight excluding hydrogens is 200 g/mol. The molecule has 1 aliphatic carbocycles. The van der Waals surface area contributed by atoms with Crippen LogP contribution in [-0.4, -0.2) is 21.7 Å². The van der Waals surface area contributed by atoms with Crippen LogP contribution in [0.3, 0.4) is 0 Å². The molecule has 0 aliphatic heterocycles. The predicted octanol–water partition coefficient (Wildman–Crippen LogP) is 2.28. The fourth-order valence-electron chi connectivity index (χ4n) is 2.86. The second kappa shape index (κ2) is 5.43. The quantitative estimate of drug-likeness (QED) is 0.821. The summed E-state index contributed by atoms with van der Waals surface area (Å²) in [6, 6.07) is 0.357. The van der Waals surface area contributed by atoms with E-state index in [1.54, 1.807) is 6.33 Å². The standard InChI is InChI=1S/C12H22N4/c1-3-13-11(12-14-8-15-16-12)10-6-4-5-9(2)7-10/h8-11,13H,3-7H2,1-2H3,(H,14,15,16). The van der Waals surface area contributed by atoms with Crippen molar-refractivity contribution in [2.75, 3.05) is 6.54 Å². The zero-order valence-corrected chi connectivity index (χ0v) is 10.2. The van der Waals surface area contributed by atoms with Gasteiger partial charge in [-0.3, -0.25) is 5.10 Å². The molecule has 1 heterocycles. The zero-order chi connectivity index (χ0) is 11.4. The van der Waals surface area contributed by atoms with Crippen LogP contribution < -0.4 is 5.32 Å². The number of nitrogens with one attached hydrogen (secondary N) is 2. The van der Waals surface area contributed by atoms with E-state index < -0.39 is 0 Å². The second-order valence-electron chi connectivity index (χ2n) is 4.94. The van der Waals surface area contributed by atoms with Gasteiger partial charge in [-0.15, -0.1) is 0 Å². The van der Waals surface area contributed by atoms with Crippen molar-refractivity contribution in [1.29, 1.82) is 0 Å². The van der Waals surface area contributed by atoms with E-state index in [1.807, 2.05) is 0 Å². The molecule has 1 aliphatic rings. The maximum Gasteiger partial charge on any atom is 0.141 e. The van der Waals surface area contributed by atoms with E-state index in [0.717, 1.165) is 18.3 Å². The summed E-state index contributed by atoms with van der Waals surface area (Å²) in [5.41, 5.74) is 0. The van der Waals surface area contributed by atoms with Gasteiger partial charge in [0, 0.05) is 0 Å². The Hall–Kier alpha value is -0.900. The smallest absolute Gasteiger partial charge is 0.141 e. The number of aromatic nitrogens is 3. The highest BCUT2D eigenvalue weighted by molar-refractivity contribution is 4.96. The first-order valence-electron chi connectivity index (χ1n) is 6.40. The number of hydrogen-bond acceptors (Lipinski definition) is 3. The molecule has 4 heteroatoms. The van der Waals surface area contributed by atoms with Crippen LogP contribution in [0.25, 0.3) is 0 Å². The Labute approximate surface area is 97.2 Å². The van der Waals surface area contributed by atoms with E-state index in [4.69, 9.17) is 0 Å². The minimum absolute atomic E-state index is 0.357. The molecule has 0 amide bonds. The molecule has 1 fully saturated rings. The number of rotatable bonds is 4. The van der Waals surface area contributed by atoms with Crippen LogP contribution in [0.15, 0.2) is 6.33 Å². The first kappa shape index (κ1) is 11.6. The van der Waals surface area contributed by atoms with Crippen LogP contribution in [0.1, 0.15) is 51.4 Å². The fourth-order valence-corrected chi connectivity index (χ4v) is 2.86. The van der Waals surface area contributed by atoms with E-state index >= 15 is 0 Å². The molecule has 2 N–H and O–H groups in total. The lowest BCUT2D eigenvalue weighted by molar-refractivity contribution is 0.220. The van der Waals surface area contributed by atoms with Crippen LogP contribution in [0.4, 0.5) is 0 Å². The lowest BCUT2D eigenvalue weighted by atomic mass is 9.78. The lowest BCUT2D eigenvalue weighted by Gasteiger charge is -2.32. The number of aromatic amines is 1. The van der Waals surface area contributed by atoms with E-state index in [9.17, 15) is 0 Å². The van der Waals surface area contributed by atoms with Gasteiger partial charge in [0.1, 0.15) is 12.2 Å². The van der Waals surface area contributed by atoms with Crippen LogP contribution in [0, 0.1) is 11.8 Å². The van der Waals surface area contributed by atoms with Gasteiger partial charge in [0.15, 0.2) is 0 Å². The molecule has 3 unspecified atom stereocenters. The molecule has 0 spiro atoms. The summed E-state index contributed by atoms with van der Waals surface area (Å²) >= 11 is 0. The first-order valence-corrected chi connectivity index (χ1v) is 6.40. The third kappa shape index (κ3) is 2.61. The van der Waals surface area contributed by atoms with Gasteiger partial charge in [-0.25, -0.2) is 4.98 Å². The summed E-state index contributed by atoms with van der Waals surface area (Å²) in [4.78, 5) is 4.31. The van der Waals surface area contributed by atoms with Gasteiger partial charge in [0.05, 0.1) is 6.04 Å². The number of H-pyrrole nitrogens is 1. The average Bonchev–Trinajstić information content (AvgIpc) is 2.79. The molecule has 90 valence electrons. The van der Waals surface area contributed by atoms with Gasteiger partial charge in [-0.1, -0.05) is 26.7 Å². The van der Waals surface area contributed by atoms with Gasteiger partial charge >= 0.3 is 0 Å². The molecule has 1 saturated carbocycles. The summed E-state index contributed by atoms with van der Waals surface area (Å²) in [6.45, 7) is 5.49. The van der Waals surface area contributed by atoms with Crippen LogP contribution >= 0.6 is 0 Å². The minimum atomic E-state index is 0.357. The summed E-state index contributed by atoms with van der Waals surface area (Å²) in [7, 11) is 0. The second-order valence-corrected chi connectivity index (χ2v) is 4.94. The van der Waals surface area contributed by atoms with E-state index in [1.165, 1.54) is 25.7 Å². The summed E-state index contributed by atoms with van der Waals surface area (Å²) in [5, 5.41) is 10.5. The maximum absolute atomic E-state index is 4.31. The third-order valence-corrected chi connectivity index (χ3v) is 3.60. The largest absolute Gasteiger partial charge is 0.307 e. The monoisotopic (exact) mass is 222 g/mol. The van der Waals surface area contributed by atoms with Crippen molar-refractivity contribution in [3.63, 3.8) is 0 Å². The topological polar surface area (TPSA) is 53.6 Å². The molecule has 4 nitrogen and oxygen atoms in total. The molecule has 0 saturated heterocycles. The highest BCUT2D eigenvalue weighted by Crippen LogP contribution is 2.35. The molecular formula is C12H22N4. The molecule has 0 aromatic carbocycles. The van der Waals surface area contributed by atoms with Gasteiger partial charge < -0.3 is 5.32 Å². The minimum Gasteiger partial charge on any atom is -0.307 e. The molecule has 0 bridgehead atoms. The Morgan fingerprint density at radius 2 is 2.44 bits per heavy atom. The van der Waals surface area contributed by atoms with Crippen LogP contribution in [0.2, 0.25) is 0 Å². The highest BCUT2D eigenvalue weighted by atomic mass is 15.2. The van der Waals surface area contributed by atoms with Gasteiger partial charge in [-0.05, 0) is 31.2 Å². The van der Waals surface area contributed by atoms with Crippen molar-refractivity contribution in [3.8, 4) is 0 Å². The Balaban J connectivity index is 2.06. The van der Waals surface area contributed by atoms with Crippen molar-refractivity contribution < 1.29 is 0 Å². The Bertz CT molecular complexity index is 296. The molecule has 3 atom stereocenters. The van der Waals surface area contributed by atoms with E-state index in [-0.39, 0.29) is 0 Å². The van der Waals surface area contributed by atoms with Crippen molar-refractivity contribution in [1.82, 2.24) is 20.5 Å². The molecule has 1 aromatic rings. The summed E-state index contributed by atoms with van der Waals surface area (Å²) in [6.07, 6.45) is 6.95. The van der Waals surface area contributed by atoms with Crippen LogP contribution in [0.5, 0.6) is 0 Å². The first-order chi connectivity index (χ1) is 7.81. The Kier molecular flexibility index (Phi) is 3.93. The fraction of sp³-hybridized carbons (Fsp3) is 0.833. The molecule has 0 radical (unpaired) electrons. The van der Waals surface area contributed by atoms with E-state index in [2.05, 4.69) is 34.3 Å². The molecule has 16 heavy (non-hydrogen) atoms. The van der Waals surface area contributed by atoms with Gasteiger partial charge in [0.25, 0.3) is 0 Å². The maximum atomic E-state index is 4.31. The predicted molar refractivity (Wildman–Crippen MR) is 63.9 cm³/mol. The Morgan fingerprint density at radius 3 is 3.06 bits per heavy atom. The van der Waals surface area contributed by atoms with Crippen molar-refractivity contribution >= 4 is 0 Å². The highest BCUT2D eigenvalue weighted by Gasteiger charge is 2.28. The molecule has 1 aromatic heterocycles.